The highest BCUT2D eigenvalue weighted by Crippen LogP contribution is 2.45. The van der Waals surface area contributed by atoms with Gasteiger partial charge in [-0.3, -0.25) is 4.57 Å². The van der Waals surface area contributed by atoms with Crippen LogP contribution in [-0.4, -0.2) is 57.8 Å². The Hall–Kier alpha value is -4.13. The van der Waals surface area contributed by atoms with Crippen molar-refractivity contribution < 1.29 is 34.0 Å². The summed E-state index contributed by atoms with van der Waals surface area (Å²) in [4.78, 5) is 28.6. The molecule has 3 atom stereocenters. The largest absolute Gasteiger partial charge is 0.491 e. The molecule has 12 nitrogen and oxygen atoms in total. The number of aliphatic hydroxyl groups is 2. The summed E-state index contributed by atoms with van der Waals surface area (Å²) in [5.41, 5.74) is 0.834. The first-order valence-corrected chi connectivity index (χ1v) is 12.2. The van der Waals surface area contributed by atoms with Crippen molar-refractivity contribution in [2.75, 3.05) is 25.1 Å². The summed E-state index contributed by atoms with van der Waals surface area (Å²) in [6.45, 7) is 0.524. The number of nitrogens with one attached hydrogen (secondary N) is 2. The van der Waals surface area contributed by atoms with Crippen LogP contribution in [0, 0.1) is 0 Å². The molecule has 12 heteroatoms. The molecule has 1 aromatic heterocycles. The molecule has 0 aliphatic carbocycles. The minimum absolute atomic E-state index is 0.146. The molecule has 3 heterocycles. The van der Waals surface area contributed by atoms with Gasteiger partial charge in [0, 0.05) is 13.0 Å². The summed E-state index contributed by atoms with van der Waals surface area (Å²) in [6.07, 6.45) is -0.775. The summed E-state index contributed by atoms with van der Waals surface area (Å²) in [5.74, 6) is 1.50. The Morgan fingerprint density at radius 2 is 2.03 bits per heavy atom. The van der Waals surface area contributed by atoms with Crippen molar-refractivity contribution in [3.8, 4) is 17.2 Å². The predicted octanol–water partition coefficient (Wildman–Crippen LogP) is 2.43. The van der Waals surface area contributed by atoms with E-state index in [1.807, 2.05) is 30.3 Å². The van der Waals surface area contributed by atoms with Gasteiger partial charge in [0.25, 0.3) is 0 Å². The van der Waals surface area contributed by atoms with Gasteiger partial charge in [-0.25, -0.2) is 9.59 Å². The number of hydrogen-bond donors (Lipinski definition) is 4. The molecule has 3 aromatic rings. The highest BCUT2D eigenvalue weighted by Gasteiger charge is 2.36. The second kappa shape index (κ2) is 11.5. The standard InChI is InChI=1S/C26H28N4O8/c31-14-21-17(32)12-22(38-21)30-13-20-24(29-25(30)33)28-23-18(8-4-9-19(23)37-20)35-11-5-10-27-26(34)36-15-16-6-2-1-3-7-16/h1-4,6-9,13,17,21-22,31-32H,5,10-12,14-15H2,(H,27,34)(H,28,29,33)/t17?,21-,22-/m1/s1. The van der Waals surface area contributed by atoms with Crippen LogP contribution < -0.4 is 25.8 Å². The van der Waals surface area contributed by atoms with Gasteiger partial charge in [-0.1, -0.05) is 36.4 Å². The molecule has 0 bridgehead atoms. The first-order valence-electron chi connectivity index (χ1n) is 12.2. The van der Waals surface area contributed by atoms with Gasteiger partial charge in [0.1, 0.15) is 30.4 Å². The number of carbonyl (C=O) groups excluding carboxylic acids is 1. The Balaban J connectivity index is 1.15. The molecule has 2 aromatic carbocycles. The summed E-state index contributed by atoms with van der Waals surface area (Å²) in [7, 11) is 0. The number of carbonyl (C=O) groups is 1. The lowest BCUT2D eigenvalue weighted by Crippen LogP contribution is -2.29. The predicted molar refractivity (Wildman–Crippen MR) is 135 cm³/mol. The van der Waals surface area contributed by atoms with Crippen LogP contribution in [-0.2, 0) is 16.1 Å². The molecule has 1 saturated heterocycles. The maximum absolute atomic E-state index is 12.7. The molecule has 5 rings (SSSR count). The molecule has 0 radical (unpaired) electrons. The number of anilines is 2. The van der Waals surface area contributed by atoms with Crippen LogP contribution in [0.2, 0.25) is 0 Å². The Labute approximate surface area is 217 Å². The van der Waals surface area contributed by atoms with Crippen LogP contribution in [0.25, 0.3) is 0 Å². The second-order valence-electron chi connectivity index (χ2n) is 8.81. The second-order valence-corrected chi connectivity index (χ2v) is 8.81. The van der Waals surface area contributed by atoms with Crippen LogP contribution in [0.5, 0.6) is 17.2 Å². The first-order chi connectivity index (χ1) is 18.5. The monoisotopic (exact) mass is 524 g/mol. The highest BCUT2D eigenvalue weighted by atomic mass is 16.6. The number of aliphatic hydroxyl groups excluding tert-OH is 2. The SMILES string of the molecule is O=C(NCCCOc1cccc2c1Nc1nc(=O)n([C@H]3CC(O)[C@@H](CO)O3)cc1O2)OCc1ccccc1. The average Bonchev–Trinajstić information content (AvgIpc) is 3.31. The fraction of sp³-hybridized carbons (Fsp3) is 0.346. The van der Waals surface area contributed by atoms with Crippen molar-refractivity contribution in [1.82, 2.24) is 14.9 Å². The first kappa shape index (κ1) is 25.5. The highest BCUT2D eigenvalue weighted by molar-refractivity contribution is 5.77. The topological polar surface area (TPSA) is 153 Å². The molecular weight excluding hydrogens is 496 g/mol. The smallest absolute Gasteiger partial charge is 0.407 e. The number of alkyl carbamates (subject to hydrolysis) is 1. The zero-order chi connectivity index (χ0) is 26.5. The van der Waals surface area contributed by atoms with E-state index in [-0.39, 0.29) is 25.5 Å². The van der Waals surface area contributed by atoms with Gasteiger partial charge < -0.3 is 39.8 Å². The van der Waals surface area contributed by atoms with Gasteiger partial charge in [0.2, 0.25) is 0 Å². The molecule has 200 valence electrons. The number of aromatic nitrogens is 2. The van der Waals surface area contributed by atoms with Crippen molar-refractivity contribution >= 4 is 17.6 Å². The number of hydrogen-bond acceptors (Lipinski definition) is 10. The Morgan fingerprint density at radius 3 is 2.82 bits per heavy atom. The van der Waals surface area contributed by atoms with Crippen molar-refractivity contribution in [3.05, 3.63) is 70.8 Å². The third-order valence-corrected chi connectivity index (χ3v) is 6.12. The number of rotatable bonds is 9. The summed E-state index contributed by atoms with van der Waals surface area (Å²) in [6, 6.07) is 14.7. The van der Waals surface area contributed by atoms with Gasteiger partial charge in [-0.05, 0) is 24.1 Å². The maximum atomic E-state index is 12.7. The van der Waals surface area contributed by atoms with Gasteiger partial charge in [-0.15, -0.1) is 0 Å². The summed E-state index contributed by atoms with van der Waals surface area (Å²) >= 11 is 0. The molecule has 1 amide bonds. The van der Waals surface area contributed by atoms with Gasteiger partial charge >= 0.3 is 11.8 Å². The molecule has 1 fully saturated rings. The van der Waals surface area contributed by atoms with Crippen molar-refractivity contribution in [2.45, 2.75) is 37.9 Å². The normalized spacial score (nSPS) is 19.5. The van der Waals surface area contributed by atoms with E-state index in [9.17, 15) is 19.8 Å². The van der Waals surface area contributed by atoms with Crippen molar-refractivity contribution in [2.24, 2.45) is 0 Å². The summed E-state index contributed by atoms with van der Waals surface area (Å²) < 4.78 is 23.9. The lowest BCUT2D eigenvalue weighted by atomic mass is 10.2. The van der Waals surface area contributed by atoms with Gasteiger partial charge in [0.05, 0.1) is 25.5 Å². The van der Waals surface area contributed by atoms with Crippen LogP contribution in [0.3, 0.4) is 0 Å². The Bertz CT molecular complexity index is 1330. The fourth-order valence-corrected chi connectivity index (χ4v) is 4.17. The van der Waals surface area contributed by atoms with Gasteiger partial charge in [0.15, 0.2) is 17.3 Å². The Morgan fingerprint density at radius 1 is 1.18 bits per heavy atom. The molecule has 0 saturated carbocycles. The number of ether oxygens (including phenoxy) is 4. The number of nitrogens with zero attached hydrogens (tertiary/aromatic N) is 2. The lowest BCUT2D eigenvalue weighted by molar-refractivity contribution is -0.0459. The fourth-order valence-electron chi connectivity index (χ4n) is 4.17. The van der Waals surface area contributed by atoms with E-state index in [4.69, 9.17) is 18.9 Å². The number of benzene rings is 2. The molecular formula is C26H28N4O8. The molecule has 2 aliphatic heterocycles. The molecule has 2 aliphatic rings. The minimum atomic E-state index is -0.887. The number of fused-ring (bicyclic) bond motifs is 2. The number of amides is 1. The average molecular weight is 525 g/mol. The van der Waals surface area contributed by atoms with Crippen molar-refractivity contribution in [3.63, 3.8) is 0 Å². The van der Waals surface area contributed by atoms with E-state index in [1.54, 1.807) is 18.2 Å². The van der Waals surface area contributed by atoms with Crippen LogP contribution in [0.4, 0.5) is 16.3 Å². The van der Waals surface area contributed by atoms with Gasteiger partial charge in [-0.2, -0.15) is 4.98 Å². The molecule has 0 spiro atoms. The quantitative estimate of drug-likeness (QED) is 0.240. The molecule has 4 N–H and O–H groups in total. The zero-order valence-electron chi connectivity index (χ0n) is 20.4. The van der Waals surface area contributed by atoms with E-state index >= 15 is 0 Å². The number of para-hydroxylation sites is 1. The van der Waals surface area contributed by atoms with E-state index in [0.29, 0.717) is 42.5 Å². The Kier molecular flexibility index (Phi) is 7.73. The zero-order valence-corrected chi connectivity index (χ0v) is 20.4. The van der Waals surface area contributed by atoms with E-state index < -0.39 is 30.2 Å². The van der Waals surface area contributed by atoms with Crippen LogP contribution in [0.1, 0.15) is 24.6 Å². The third kappa shape index (κ3) is 5.72. The minimum Gasteiger partial charge on any atom is -0.491 e. The van der Waals surface area contributed by atoms with E-state index in [0.717, 1.165) is 5.56 Å². The lowest BCUT2D eigenvalue weighted by Gasteiger charge is -2.24. The van der Waals surface area contributed by atoms with Crippen LogP contribution >= 0.6 is 0 Å². The summed E-state index contributed by atoms with van der Waals surface area (Å²) in [5, 5.41) is 25.1. The van der Waals surface area contributed by atoms with Crippen molar-refractivity contribution in [1.29, 1.82) is 0 Å². The maximum Gasteiger partial charge on any atom is 0.407 e. The van der Waals surface area contributed by atoms with E-state index in [1.165, 1.54) is 10.8 Å². The van der Waals surface area contributed by atoms with Crippen LogP contribution in [0.15, 0.2) is 59.5 Å². The third-order valence-electron chi connectivity index (χ3n) is 6.12. The molecule has 1 unspecified atom stereocenters. The van der Waals surface area contributed by atoms with E-state index in [2.05, 4.69) is 15.6 Å². The molecule has 38 heavy (non-hydrogen) atoms.